The predicted octanol–water partition coefficient (Wildman–Crippen LogP) is 4.10. The van der Waals surface area contributed by atoms with Crippen LogP contribution in [-0.4, -0.2) is 23.9 Å². The maximum Gasteiger partial charge on any atom is 0.225 e. The first-order valence-corrected chi connectivity index (χ1v) is 7.37. The van der Waals surface area contributed by atoms with E-state index in [9.17, 15) is 4.79 Å². The fraction of sp³-hybridized carbons (Fsp3) is 0.938. The molecular weight excluding hydrogens is 222 g/mol. The summed E-state index contributed by atoms with van der Waals surface area (Å²) in [6, 6.07) is 0. The maximum atomic E-state index is 12.6. The zero-order valence-electron chi connectivity index (χ0n) is 13.2. The molecule has 1 rings (SSSR count). The van der Waals surface area contributed by atoms with Crippen LogP contribution in [0.15, 0.2) is 0 Å². The quantitative estimate of drug-likeness (QED) is 0.725. The molecule has 1 atom stereocenters. The van der Waals surface area contributed by atoms with Gasteiger partial charge in [-0.25, -0.2) is 0 Å². The van der Waals surface area contributed by atoms with E-state index in [1.54, 1.807) is 0 Å². The molecule has 0 aromatic carbocycles. The van der Waals surface area contributed by atoms with Crippen molar-refractivity contribution in [1.29, 1.82) is 0 Å². The standard InChI is InChI=1S/C16H31NO/c1-15(2,3)11-13-9-7-8-10-17(14(13)18)12-16(4,5)6/h13H,7-12H2,1-6H3. The smallest absolute Gasteiger partial charge is 0.225 e. The molecule has 1 aliphatic rings. The third-order valence-electron chi connectivity index (χ3n) is 3.42. The summed E-state index contributed by atoms with van der Waals surface area (Å²) in [6.07, 6.45) is 4.47. The van der Waals surface area contributed by atoms with Crippen LogP contribution in [0.1, 0.15) is 67.2 Å². The largest absolute Gasteiger partial charge is 0.342 e. The Labute approximate surface area is 113 Å². The van der Waals surface area contributed by atoms with Crippen molar-refractivity contribution >= 4 is 5.91 Å². The van der Waals surface area contributed by atoms with E-state index >= 15 is 0 Å². The van der Waals surface area contributed by atoms with Crippen LogP contribution in [0.4, 0.5) is 0 Å². The average molecular weight is 253 g/mol. The van der Waals surface area contributed by atoms with Crippen molar-refractivity contribution in [3.8, 4) is 0 Å². The van der Waals surface area contributed by atoms with Crippen LogP contribution in [0.3, 0.4) is 0 Å². The first-order valence-electron chi connectivity index (χ1n) is 7.37. The second kappa shape index (κ2) is 5.63. The lowest BCUT2D eigenvalue weighted by Gasteiger charge is -2.32. The van der Waals surface area contributed by atoms with Crippen LogP contribution in [0, 0.1) is 16.7 Å². The van der Waals surface area contributed by atoms with Crippen molar-refractivity contribution in [3.05, 3.63) is 0 Å². The number of hydrogen-bond donors (Lipinski definition) is 0. The fourth-order valence-electron chi connectivity index (χ4n) is 2.84. The minimum absolute atomic E-state index is 0.201. The monoisotopic (exact) mass is 253 g/mol. The Morgan fingerprint density at radius 3 is 2.17 bits per heavy atom. The van der Waals surface area contributed by atoms with Crippen molar-refractivity contribution in [2.45, 2.75) is 67.2 Å². The Morgan fingerprint density at radius 2 is 1.67 bits per heavy atom. The highest BCUT2D eigenvalue weighted by Gasteiger charge is 2.31. The van der Waals surface area contributed by atoms with Gasteiger partial charge in [0.1, 0.15) is 0 Å². The molecule has 1 heterocycles. The molecule has 0 spiro atoms. The molecule has 106 valence electrons. The lowest BCUT2D eigenvalue weighted by molar-refractivity contribution is -0.137. The first kappa shape index (κ1) is 15.5. The molecule has 0 aliphatic carbocycles. The lowest BCUT2D eigenvalue weighted by atomic mass is 9.82. The Bertz CT molecular complexity index is 254. The van der Waals surface area contributed by atoms with Gasteiger partial charge in [0.25, 0.3) is 0 Å². The van der Waals surface area contributed by atoms with Crippen LogP contribution in [-0.2, 0) is 4.79 Å². The van der Waals surface area contributed by atoms with Gasteiger partial charge in [-0.2, -0.15) is 0 Å². The van der Waals surface area contributed by atoms with E-state index in [0.717, 1.165) is 25.9 Å². The number of amides is 1. The van der Waals surface area contributed by atoms with Crippen molar-refractivity contribution in [2.24, 2.45) is 16.7 Å². The summed E-state index contributed by atoms with van der Waals surface area (Å²) < 4.78 is 0. The van der Waals surface area contributed by atoms with Gasteiger partial charge in [-0.3, -0.25) is 4.79 Å². The molecule has 0 aromatic rings. The minimum atomic E-state index is 0.201. The molecule has 0 radical (unpaired) electrons. The number of carbonyl (C=O) groups is 1. The molecule has 1 amide bonds. The summed E-state index contributed by atoms with van der Waals surface area (Å²) in [5, 5.41) is 0. The van der Waals surface area contributed by atoms with Gasteiger partial charge in [-0.1, -0.05) is 48.0 Å². The molecule has 1 aliphatic heterocycles. The van der Waals surface area contributed by atoms with Gasteiger partial charge in [0.05, 0.1) is 0 Å². The minimum Gasteiger partial charge on any atom is -0.342 e. The first-order chi connectivity index (χ1) is 8.08. The average Bonchev–Trinajstić information content (AvgIpc) is 2.28. The van der Waals surface area contributed by atoms with Gasteiger partial charge in [0.2, 0.25) is 5.91 Å². The highest BCUT2D eigenvalue weighted by atomic mass is 16.2. The summed E-state index contributed by atoms with van der Waals surface area (Å²) in [6.45, 7) is 15.2. The van der Waals surface area contributed by atoms with E-state index < -0.39 is 0 Å². The summed E-state index contributed by atoms with van der Waals surface area (Å²) in [7, 11) is 0. The molecule has 18 heavy (non-hydrogen) atoms. The molecular formula is C16H31NO. The maximum absolute atomic E-state index is 12.6. The van der Waals surface area contributed by atoms with Crippen LogP contribution >= 0.6 is 0 Å². The Balaban J connectivity index is 2.72. The van der Waals surface area contributed by atoms with E-state index in [4.69, 9.17) is 0 Å². The van der Waals surface area contributed by atoms with Crippen LogP contribution in [0.2, 0.25) is 0 Å². The molecule has 0 aromatic heterocycles. The van der Waals surface area contributed by atoms with Crippen molar-refractivity contribution in [1.82, 2.24) is 4.90 Å². The topological polar surface area (TPSA) is 20.3 Å². The molecule has 1 unspecified atom stereocenters. The van der Waals surface area contributed by atoms with Gasteiger partial charge in [0.15, 0.2) is 0 Å². The molecule has 1 fully saturated rings. The number of rotatable bonds is 2. The van der Waals surface area contributed by atoms with E-state index in [1.165, 1.54) is 12.8 Å². The summed E-state index contributed by atoms with van der Waals surface area (Å²) >= 11 is 0. The number of nitrogens with zero attached hydrogens (tertiary/aromatic N) is 1. The van der Waals surface area contributed by atoms with E-state index in [2.05, 4.69) is 46.4 Å². The van der Waals surface area contributed by atoms with Gasteiger partial charge >= 0.3 is 0 Å². The van der Waals surface area contributed by atoms with Gasteiger partial charge in [-0.05, 0) is 30.1 Å². The summed E-state index contributed by atoms with van der Waals surface area (Å²) in [4.78, 5) is 14.7. The summed E-state index contributed by atoms with van der Waals surface area (Å²) in [5.41, 5.74) is 0.449. The van der Waals surface area contributed by atoms with E-state index in [0.29, 0.717) is 5.91 Å². The van der Waals surface area contributed by atoms with E-state index in [-0.39, 0.29) is 16.7 Å². The van der Waals surface area contributed by atoms with Crippen LogP contribution < -0.4 is 0 Å². The molecule has 0 N–H and O–H groups in total. The Morgan fingerprint density at radius 1 is 1.06 bits per heavy atom. The lowest BCUT2D eigenvalue weighted by Crippen LogP contribution is -2.41. The number of likely N-dealkylation sites (tertiary alicyclic amines) is 1. The fourth-order valence-corrected chi connectivity index (χ4v) is 2.84. The molecule has 0 saturated carbocycles. The molecule has 2 nitrogen and oxygen atoms in total. The van der Waals surface area contributed by atoms with E-state index in [1.807, 2.05) is 0 Å². The third-order valence-corrected chi connectivity index (χ3v) is 3.42. The number of carbonyl (C=O) groups excluding carboxylic acids is 1. The van der Waals surface area contributed by atoms with Crippen molar-refractivity contribution in [3.63, 3.8) is 0 Å². The number of hydrogen-bond acceptors (Lipinski definition) is 1. The molecule has 0 bridgehead atoms. The van der Waals surface area contributed by atoms with Gasteiger partial charge < -0.3 is 4.90 Å². The van der Waals surface area contributed by atoms with Gasteiger partial charge in [-0.15, -0.1) is 0 Å². The zero-order chi connectivity index (χ0) is 14.0. The second-order valence-electron chi connectivity index (χ2n) is 8.28. The second-order valence-corrected chi connectivity index (χ2v) is 8.28. The molecule has 2 heteroatoms. The normalized spacial score (nSPS) is 23.1. The Hall–Kier alpha value is -0.530. The van der Waals surface area contributed by atoms with Gasteiger partial charge in [0, 0.05) is 19.0 Å². The zero-order valence-corrected chi connectivity index (χ0v) is 13.2. The van der Waals surface area contributed by atoms with Crippen molar-refractivity contribution in [2.75, 3.05) is 13.1 Å². The van der Waals surface area contributed by atoms with Crippen molar-refractivity contribution < 1.29 is 4.79 Å². The predicted molar refractivity (Wildman–Crippen MR) is 77.4 cm³/mol. The highest BCUT2D eigenvalue weighted by Crippen LogP contribution is 2.31. The molecule has 1 saturated heterocycles. The van der Waals surface area contributed by atoms with Crippen LogP contribution in [0.25, 0.3) is 0 Å². The SMILES string of the molecule is CC(C)(C)CC1CCCCN(CC(C)(C)C)C1=O. The van der Waals surface area contributed by atoms with Crippen LogP contribution in [0.5, 0.6) is 0 Å². The highest BCUT2D eigenvalue weighted by molar-refractivity contribution is 5.79. The third kappa shape index (κ3) is 5.41. The Kier molecular flexibility index (Phi) is 4.85. The summed E-state index contributed by atoms with van der Waals surface area (Å²) in [5.74, 6) is 0.646.